The molecule has 6 nitrogen and oxygen atoms in total. The third-order valence-electron chi connectivity index (χ3n) is 5.91. The third kappa shape index (κ3) is 5.57. The molecule has 1 aromatic rings. The standard InChI is InChI=1S/C24H32N4O2/c1-20(26-2)23(29)28-16-14-27(15-17-28)13-6-18-30-24(19-25)11-9-22(10-12-24)21-7-4-3-5-8-21/h3-5,7-12,20,22,26H,6,13-18H2,1-2H3/t20-,22?,24?/m1/s1. The molecule has 0 unspecified atom stereocenters. The van der Waals surface area contributed by atoms with Gasteiger partial charge in [-0.3, -0.25) is 9.69 Å². The first-order chi connectivity index (χ1) is 14.6. The molecule has 1 fully saturated rings. The Morgan fingerprint density at radius 2 is 1.90 bits per heavy atom. The van der Waals surface area contributed by atoms with Crippen LogP contribution in [0.1, 0.15) is 24.8 Å². The maximum Gasteiger partial charge on any atom is 0.239 e. The average Bonchev–Trinajstić information content (AvgIpc) is 2.82. The Morgan fingerprint density at radius 3 is 2.50 bits per heavy atom. The van der Waals surface area contributed by atoms with Gasteiger partial charge in [-0.25, -0.2) is 0 Å². The van der Waals surface area contributed by atoms with Crippen molar-refractivity contribution >= 4 is 5.91 Å². The number of piperazine rings is 1. The van der Waals surface area contributed by atoms with E-state index >= 15 is 0 Å². The Labute approximate surface area is 179 Å². The number of carbonyl (C=O) groups is 1. The van der Waals surface area contributed by atoms with Gasteiger partial charge in [0.25, 0.3) is 0 Å². The molecule has 1 aliphatic carbocycles. The molecule has 160 valence electrons. The van der Waals surface area contributed by atoms with Gasteiger partial charge in [0, 0.05) is 38.6 Å². The monoisotopic (exact) mass is 408 g/mol. The minimum atomic E-state index is -0.973. The molecule has 0 bridgehead atoms. The predicted octanol–water partition coefficient (Wildman–Crippen LogP) is 2.32. The lowest BCUT2D eigenvalue weighted by Gasteiger charge is -2.36. The van der Waals surface area contributed by atoms with Crippen LogP contribution in [0.25, 0.3) is 0 Å². The van der Waals surface area contributed by atoms with E-state index in [2.05, 4.69) is 28.4 Å². The number of ether oxygens (including phenoxy) is 1. The van der Waals surface area contributed by atoms with Crippen molar-refractivity contribution in [1.29, 1.82) is 5.26 Å². The van der Waals surface area contributed by atoms with Crippen molar-refractivity contribution in [3.8, 4) is 6.07 Å². The molecule has 1 aliphatic heterocycles. The fourth-order valence-corrected chi connectivity index (χ4v) is 3.83. The van der Waals surface area contributed by atoms with Crippen LogP contribution in [0.15, 0.2) is 54.6 Å². The number of likely N-dealkylation sites (N-methyl/N-ethyl adjacent to an activating group) is 1. The van der Waals surface area contributed by atoms with E-state index in [1.54, 1.807) is 0 Å². The number of carbonyl (C=O) groups excluding carboxylic acids is 1. The van der Waals surface area contributed by atoms with Gasteiger partial charge < -0.3 is 15.0 Å². The molecule has 1 heterocycles. The SMILES string of the molecule is CN[C@H](C)C(=O)N1CCN(CCCOC2(C#N)C=CC(c3ccccc3)C=C2)CC1. The average molecular weight is 409 g/mol. The Kier molecular flexibility index (Phi) is 7.81. The summed E-state index contributed by atoms with van der Waals surface area (Å²) in [5, 5.41) is 12.7. The summed E-state index contributed by atoms with van der Waals surface area (Å²) in [5.41, 5.74) is 0.234. The van der Waals surface area contributed by atoms with E-state index in [1.807, 2.05) is 61.4 Å². The second-order valence-electron chi connectivity index (χ2n) is 7.94. The Bertz CT molecular complexity index is 777. The van der Waals surface area contributed by atoms with Crippen molar-refractivity contribution < 1.29 is 9.53 Å². The number of nitriles is 1. The molecule has 1 N–H and O–H groups in total. The lowest BCUT2D eigenvalue weighted by molar-refractivity contribution is -0.134. The van der Waals surface area contributed by atoms with Crippen LogP contribution in [0.5, 0.6) is 0 Å². The largest absolute Gasteiger partial charge is 0.353 e. The molecule has 1 amide bonds. The summed E-state index contributed by atoms with van der Waals surface area (Å²) in [6.07, 6.45) is 8.69. The van der Waals surface area contributed by atoms with Crippen molar-refractivity contribution in [3.05, 3.63) is 60.2 Å². The number of hydrogen-bond acceptors (Lipinski definition) is 5. The summed E-state index contributed by atoms with van der Waals surface area (Å²) in [4.78, 5) is 16.5. The smallest absolute Gasteiger partial charge is 0.239 e. The number of amides is 1. The Hall–Kier alpha value is -2.46. The molecular formula is C24H32N4O2. The van der Waals surface area contributed by atoms with Crippen LogP contribution in [-0.4, -0.2) is 73.7 Å². The van der Waals surface area contributed by atoms with Gasteiger partial charge in [-0.15, -0.1) is 0 Å². The van der Waals surface area contributed by atoms with Crippen molar-refractivity contribution in [3.63, 3.8) is 0 Å². The van der Waals surface area contributed by atoms with Gasteiger partial charge in [-0.1, -0.05) is 42.5 Å². The van der Waals surface area contributed by atoms with Gasteiger partial charge in [0.05, 0.1) is 12.6 Å². The van der Waals surface area contributed by atoms with E-state index in [0.29, 0.717) is 6.61 Å². The maximum atomic E-state index is 12.2. The van der Waals surface area contributed by atoms with Crippen LogP contribution in [0, 0.1) is 11.3 Å². The predicted molar refractivity (Wildman–Crippen MR) is 118 cm³/mol. The summed E-state index contributed by atoms with van der Waals surface area (Å²) in [7, 11) is 1.81. The zero-order valence-corrected chi connectivity index (χ0v) is 18.0. The maximum absolute atomic E-state index is 12.2. The molecule has 1 atom stereocenters. The number of hydrogen-bond donors (Lipinski definition) is 1. The highest BCUT2D eigenvalue weighted by Gasteiger charge is 2.28. The molecule has 1 aromatic carbocycles. The second kappa shape index (κ2) is 10.5. The molecule has 6 heteroatoms. The van der Waals surface area contributed by atoms with Crippen LogP contribution >= 0.6 is 0 Å². The quantitative estimate of drug-likeness (QED) is 0.528. The van der Waals surface area contributed by atoms with Crippen LogP contribution < -0.4 is 5.32 Å². The number of benzene rings is 1. The molecule has 1 saturated heterocycles. The highest BCUT2D eigenvalue weighted by atomic mass is 16.5. The first-order valence-electron chi connectivity index (χ1n) is 10.7. The van der Waals surface area contributed by atoms with E-state index < -0.39 is 5.60 Å². The second-order valence-corrected chi connectivity index (χ2v) is 7.94. The minimum Gasteiger partial charge on any atom is -0.353 e. The van der Waals surface area contributed by atoms with Crippen LogP contribution in [0.3, 0.4) is 0 Å². The van der Waals surface area contributed by atoms with Gasteiger partial charge in [-0.05, 0) is 38.1 Å². The molecule has 2 aliphatic rings. The van der Waals surface area contributed by atoms with E-state index in [1.165, 1.54) is 5.56 Å². The van der Waals surface area contributed by atoms with Gasteiger partial charge in [0.15, 0.2) is 5.60 Å². The van der Waals surface area contributed by atoms with Crippen molar-refractivity contribution in [2.45, 2.75) is 30.9 Å². The molecule has 0 spiro atoms. The van der Waals surface area contributed by atoms with Crippen molar-refractivity contribution in [1.82, 2.24) is 15.1 Å². The lowest BCUT2D eigenvalue weighted by Crippen LogP contribution is -2.53. The highest BCUT2D eigenvalue weighted by molar-refractivity contribution is 5.81. The lowest BCUT2D eigenvalue weighted by atomic mass is 9.89. The first kappa shape index (κ1) is 22.2. The van der Waals surface area contributed by atoms with E-state index in [-0.39, 0.29) is 17.9 Å². The Balaban J connectivity index is 1.40. The first-order valence-corrected chi connectivity index (χ1v) is 10.7. The van der Waals surface area contributed by atoms with Crippen LogP contribution in [0.2, 0.25) is 0 Å². The van der Waals surface area contributed by atoms with Crippen molar-refractivity contribution in [2.24, 2.45) is 0 Å². The zero-order chi connectivity index (χ0) is 21.4. The minimum absolute atomic E-state index is 0.134. The third-order valence-corrected chi connectivity index (χ3v) is 5.91. The summed E-state index contributed by atoms with van der Waals surface area (Å²) in [6, 6.07) is 12.4. The summed E-state index contributed by atoms with van der Waals surface area (Å²) in [6.45, 7) is 6.61. The summed E-state index contributed by atoms with van der Waals surface area (Å²) in [5.74, 6) is 0.349. The topological polar surface area (TPSA) is 68.6 Å². The van der Waals surface area contributed by atoms with Crippen LogP contribution in [-0.2, 0) is 9.53 Å². The molecule has 0 radical (unpaired) electrons. The van der Waals surface area contributed by atoms with Gasteiger partial charge in [0.1, 0.15) is 6.07 Å². The number of nitrogens with zero attached hydrogens (tertiary/aromatic N) is 3. The number of nitrogens with one attached hydrogen (secondary N) is 1. The summed E-state index contributed by atoms with van der Waals surface area (Å²) < 4.78 is 5.97. The normalized spacial score (nSPS) is 25.1. The molecule has 3 rings (SSSR count). The number of rotatable bonds is 8. The van der Waals surface area contributed by atoms with E-state index in [0.717, 1.165) is 39.1 Å². The molecule has 0 aromatic heterocycles. The molecular weight excluding hydrogens is 376 g/mol. The van der Waals surface area contributed by atoms with E-state index in [9.17, 15) is 10.1 Å². The van der Waals surface area contributed by atoms with Gasteiger partial charge in [0.2, 0.25) is 5.91 Å². The van der Waals surface area contributed by atoms with Crippen molar-refractivity contribution in [2.75, 3.05) is 46.4 Å². The van der Waals surface area contributed by atoms with Gasteiger partial charge in [-0.2, -0.15) is 5.26 Å². The Morgan fingerprint density at radius 1 is 1.23 bits per heavy atom. The van der Waals surface area contributed by atoms with Gasteiger partial charge >= 0.3 is 0 Å². The number of allylic oxidation sites excluding steroid dienone is 2. The van der Waals surface area contributed by atoms with Crippen LogP contribution in [0.4, 0.5) is 0 Å². The molecule has 0 saturated carbocycles. The van der Waals surface area contributed by atoms with E-state index in [4.69, 9.17) is 4.74 Å². The fraction of sp³-hybridized carbons (Fsp3) is 0.500. The summed E-state index contributed by atoms with van der Waals surface area (Å²) >= 11 is 0. The molecule has 30 heavy (non-hydrogen) atoms. The zero-order valence-electron chi connectivity index (χ0n) is 18.0. The fourth-order valence-electron chi connectivity index (χ4n) is 3.83. The highest BCUT2D eigenvalue weighted by Crippen LogP contribution is 2.28.